The monoisotopic (exact) mass is 313 g/mol. The summed E-state index contributed by atoms with van der Waals surface area (Å²) in [6, 6.07) is 5.46. The van der Waals surface area contributed by atoms with Crippen LogP contribution < -0.4 is 4.74 Å². The van der Waals surface area contributed by atoms with E-state index >= 15 is 0 Å². The number of likely N-dealkylation sites (tertiary alicyclic amines) is 1. The lowest BCUT2D eigenvalue weighted by Crippen LogP contribution is -2.35. The number of carboxylic acid groups (broad SMARTS) is 1. The molecule has 0 aromatic heterocycles. The molecule has 0 radical (unpaired) electrons. The lowest BCUT2D eigenvalue weighted by Gasteiger charge is -2.22. The number of ether oxygens (including phenoxy) is 1. The number of hydrogen-bond acceptors (Lipinski definition) is 3. The predicted octanol–water partition coefficient (Wildman–Crippen LogP) is 2.51. The number of benzene rings is 1. The third kappa shape index (κ3) is 2.84. The first-order valence-electron chi connectivity index (χ1n) is 5.91. The van der Waals surface area contributed by atoms with Gasteiger partial charge in [0.15, 0.2) is 0 Å². The summed E-state index contributed by atoms with van der Waals surface area (Å²) in [6.45, 7) is 1.45. The molecule has 1 aromatic carbocycles. The van der Waals surface area contributed by atoms with Gasteiger partial charge in [0.1, 0.15) is 11.8 Å². The van der Waals surface area contributed by atoms with Crippen molar-refractivity contribution in [1.82, 2.24) is 4.90 Å². The van der Waals surface area contributed by atoms with E-state index < -0.39 is 5.97 Å². The van der Waals surface area contributed by atoms with E-state index in [1.165, 1.54) is 0 Å². The highest BCUT2D eigenvalue weighted by Gasteiger charge is 2.30. The zero-order valence-electron chi connectivity index (χ0n) is 10.2. The van der Waals surface area contributed by atoms with Gasteiger partial charge in [-0.1, -0.05) is 22.0 Å². The van der Waals surface area contributed by atoms with Crippen molar-refractivity contribution in [3.05, 3.63) is 28.2 Å². The Morgan fingerprint density at radius 1 is 1.61 bits per heavy atom. The average molecular weight is 314 g/mol. The predicted molar refractivity (Wildman–Crippen MR) is 71.8 cm³/mol. The fourth-order valence-corrected chi connectivity index (χ4v) is 2.70. The molecule has 1 aliphatic rings. The van der Waals surface area contributed by atoms with Crippen LogP contribution in [0.3, 0.4) is 0 Å². The van der Waals surface area contributed by atoms with Gasteiger partial charge in [-0.25, -0.2) is 0 Å². The molecule has 1 atom stereocenters. The molecule has 18 heavy (non-hydrogen) atoms. The van der Waals surface area contributed by atoms with Crippen LogP contribution in [0.1, 0.15) is 18.4 Å². The standard InChI is InChI=1S/C13H16BrNO3/c1-18-12-7-10(14)5-4-9(12)8-15-6-2-3-11(15)13(16)17/h4-5,7,11H,2-3,6,8H2,1H3,(H,16,17)/t11-/m0/s1. The molecule has 0 spiro atoms. The molecule has 1 heterocycles. The van der Waals surface area contributed by atoms with Crippen molar-refractivity contribution in [2.24, 2.45) is 0 Å². The quantitative estimate of drug-likeness (QED) is 0.928. The first-order valence-corrected chi connectivity index (χ1v) is 6.70. The van der Waals surface area contributed by atoms with E-state index in [4.69, 9.17) is 9.84 Å². The van der Waals surface area contributed by atoms with Gasteiger partial charge in [-0.05, 0) is 31.5 Å². The maximum Gasteiger partial charge on any atom is 0.320 e. The molecule has 1 saturated heterocycles. The number of hydrogen-bond donors (Lipinski definition) is 1. The van der Waals surface area contributed by atoms with Gasteiger partial charge in [-0.2, -0.15) is 0 Å². The van der Waals surface area contributed by atoms with Gasteiger partial charge >= 0.3 is 5.97 Å². The first-order chi connectivity index (χ1) is 8.61. The molecule has 1 aliphatic heterocycles. The minimum absolute atomic E-state index is 0.363. The minimum atomic E-state index is -0.733. The summed E-state index contributed by atoms with van der Waals surface area (Å²) in [5.41, 5.74) is 1.02. The zero-order valence-corrected chi connectivity index (χ0v) is 11.8. The van der Waals surface area contributed by atoms with Gasteiger partial charge in [0.05, 0.1) is 7.11 Å². The molecule has 4 nitrogen and oxygen atoms in total. The maximum atomic E-state index is 11.1. The van der Waals surface area contributed by atoms with Crippen LogP contribution in [0, 0.1) is 0 Å². The molecule has 98 valence electrons. The maximum absolute atomic E-state index is 11.1. The SMILES string of the molecule is COc1cc(Br)ccc1CN1CCC[C@H]1C(=O)O. The lowest BCUT2D eigenvalue weighted by atomic mass is 10.1. The Morgan fingerprint density at radius 3 is 3.06 bits per heavy atom. The highest BCUT2D eigenvalue weighted by molar-refractivity contribution is 9.10. The number of halogens is 1. The largest absolute Gasteiger partial charge is 0.496 e. The Bertz CT molecular complexity index is 450. The van der Waals surface area contributed by atoms with Gasteiger partial charge in [-0.3, -0.25) is 9.69 Å². The smallest absolute Gasteiger partial charge is 0.320 e. The summed E-state index contributed by atoms with van der Waals surface area (Å²) in [5.74, 6) is 0.0593. The van der Waals surface area contributed by atoms with Crippen molar-refractivity contribution in [1.29, 1.82) is 0 Å². The van der Waals surface area contributed by atoms with Crippen LogP contribution in [0.4, 0.5) is 0 Å². The van der Waals surface area contributed by atoms with Gasteiger partial charge in [-0.15, -0.1) is 0 Å². The van der Waals surface area contributed by atoms with E-state index in [1.54, 1.807) is 7.11 Å². The Morgan fingerprint density at radius 2 is 2.39 bits per heavy atom. The number of methoxy groups -OCH3 is 1. The fraction of sp³-hybridized carbons (Fsp3) is 0.462. The Labute approximate surface area is 115 Å². The molecule has 1 N–H and O–H groups in total. The van der Waals surface area contributed by atoms with E-state index in [-0.39, 0.29) is 6.04 Å². The number of aliphatic carboxylic acids is 1. The lowest BCUT2D eigenvalue weighted by molar-refractivity contribution is -0.142. The third-order valence-electron chi connectivity index (χ3n) is 3.27. The third-order valence-corrected chi connectivity index (χ3v) is 3.76. The van der Waals surface area contributed by atoms with Crippen molar-refractivity contribution in [2.75, 3.05) is 13.7 Å². The van der Waals surface area contributed by atoms with Gasteiger partial charge in [0, 0.05) is 16.6 Å². The minimum Gasteiger partial charge on any atom is -0.496 e. The number of carbonyl (C=O) groups is 1. The van der Waals surface area contributed by atoms with Gasteiger partial charge < -0.3 is 9.84 Å². The summed E-state index contributed by atoms with van der Waals surface area (Å²) in [7, 11) is 1.63. The molecule has 0 saturated carbocycles. The number of nitrogens with zero attached hydrogens (tertiary/aromatic N) is 1. The molecule has 0 aliphatic carbocycles. The van der Waals surface area contributed by atoms with Crippen LogP contribution in [0.25, 0.3) is 0 Å². The molecular formula is C13H16BrNO3. The topological polar surface area (TPSA) is 49.8 Å². The fourth-order valence-electron chi connectivity index (χ4n) is 2.36. The van der Waals surface area contributed by atoms with Crippen LogP contribution in [0.2, 0.25) is 0 Å². The van der Waals surface area contributed by atoms with E-state index in [0.29, 0.717) is 6.54 Å². The van der Waals surface area contributed by atoms with Crippen LogP contribution in [0.5, 0.6) is 5.75 Å². The highest BCUT2D eigenvalue weighted by atomic mass is 79.9. The molecule has 0 amide bonds. The summed E-state index contributed by atoms with van der Waals surface area (Å²) < 4.78 is 6.29. The van der Waals surface area contributed by atoms with Crippen molar-refractivity contribution in [2.45, 2.75) is 25.4 Å². The first kappa shape index (κ1) is 13.4. The van der Waals surface area contributed by atoms with Gasteiger partial charge in [0.25, 0.3) is 0 Å². The normalized spacial score (nSPS) is 20.0. The average Bonchev–Trinajstić information content (AvgIpc) is 2.79. The number of rotatable bonds is 4. The van der Waals surface area contributed by atoms with Gasteiger partial charge in [0.2, 0.25) is 0 Å². The molecule has 1 fully saturated rings. The summed E-state index contributed by atoms with van der Waals surface area (Å²) >= 11 is 3.40. The Balaban J connectivity index is 2.16. The molecule has 5 heteroatoms. The zero-order chi connectivity index (χ0) is 13.1. The van der Waals surface area contributed by atoms with E-state index in [9.17, 15) is 4.79 Å². The van der Waals surface area contributed by atoms with Crippen LogP contribution in [-0.4, -0.2) is 35.7 Å². The van der Waals surface area contributed by atoms with E-state index in [1.807, 2.05) is 23.1 Å². The van der Waals surface area contributed by atoms with Crippen molar-refractivity contribution >= 4 is 21.9 Å². The second kappa shape index (κ2) is 5.71. The van der Waals surface area contributed by atoms with E-state index in [2.05, 4.69) is 15.9 Å². The molecule has 2 rings (SSSR count). The van der Waals surface area contributed by atoms with Crippen LogP contribution in [0.15, 0.2) is 22.7 Å². The van der Waals surface area contributed by atoms with Crippen LogP contribution in [-0.2, 0) is 11.3 Å². The van der Waals surface area contributed by atoms with Crippen molar-refractivity contribution in [3.63, 3.8) is 0 Å². The van der Waals surface area contributed by atoms with Crippen molar-refractivity contribution in [3.8, 4) is 5.75 Å². The van der Waals surface area contributed by atoms with Crippen molar-refractivity contribution < 1.29 is 14.6 Å². The molecule has 0 bridgehead atoms. The van der Waals surface area contributed by atoms with E-state index in [0.717, 1.165) is 35.2 Å². The van der Waals surface area contributed by atoms with Crippen LogP contribution >= 0.6 is 15.9 Å². The highest BCUT2D eigenvalue weighted by Crippen LogP contribution is 2.27. The Kier molecular flexibility index (Phi) is 4.24. The summed E-state index contributed by atoms with van der Waals surface area (Å²) in [6.07, 6.45) is 1.67. The second-order valence-corrected chi connectivity index (χ2v) is 5.34. The molecule has 1 aromatic rings. The number of carboxylic acids is 1. The second-order valence-electron chi connectivity index (χ2n) is 4.42. The summed E-state index contributed by atoms with van der Waals surface area (Å²) in [4.78, 5) is 13.1. The molecular weight excluding hydrogens is 298 g/mol. The summed E-state index contributed by atoms with van der Waals surface area (Å²) in [5, 5.41) is 9.15. The molecule has 0 unspecified atom stereocenters. The Hall–Kier alpha value is -1.07.